The number of hydrogen-bond donors (Lipinski definition) is 1. The number of benzene rings is 1. The SMILES string of the molecule is Cc1ccc(NC(=O)C2CSCN2C(=O)CCc2nc(-c3cccnc3)no2)cc1C. The highest BCUT2D eigenvalue weighted by molar-refractivity contribution is 7.99. The topological polar surface area (TPSA) is 101 Å². The normalized spacial score (nSPS) is 15.8. The standard InChI is InChI=1S/C22H23N5O3S/c1-14-5-6-17(10-15(14)2)24-22(29)18-12-31-13-27(18)20(28)8-7-19-25-21(26-30-19)16-4-3-9-23-11-16/h3-6,9-11,18H,7-8,12-13H2,1-2H3,(H,24,29). The first-order valence-corrected chi connectivity index (χ1v) is 11.1. The van der Waals surface area contributed by atoms with Crippen LogP contribution in [0.25, 0.3) is 11.4 Å². The van der Waals surface area contributed by atoms with Crippen molar-refractivity contribution in [3.8, 4) is 11.4 Å². The highest BCUT2D eigenvalue weighted by atomic mass is 32.2. The Kier molecular flexibility index (Phi) is 6.31. The first-order chi connectivity index (χ1) is 15.0. The maximum atomic E-state index is 12.8. The molecule has 4 rings (SSSR count). The number of nitrogens with one attached hydrogen (secondary N) is 1. The van der Waals surface area contributed by atoms with Crippen molar-refractivity contribution in [3.05, 3.63) is 59.7 Å². The summed E-state index contributed by atoms with van der Waals surface area (Å²) in [5, 5.41) is 6.89. The second-order valence-corrected chi connectivity index (χ2v) is 8.42. The van der Waals surface area contributed by atoms with Crippen molar-refractivity contribution in [2.45, 2.75) is 32.7 Å². The minimum absolute atomic E-state index is 0.105. The Balaban J connectivity index is 1.35. The summed E-state index contributed by atoms with van der Waals surface area (Å²) in [5.41, 5.74) is 3.77. The van der Waals surface area contributed by atoms with Crippen LogP contribution in [0, 0.1) is 13.8 Å². The number of rotatable bonds is 6. The van der Waals surface area contributed by atoms with Gasteiger partial charge in [-0.1, -0.05) is 11.2 Å². The van der Waals surface area contributed by atoms with Crippen LogP contribution in [0.4, 0.5) is 5.69 Å². The lowest BCUT2D eigenvalue weighted by Crippen LogP contribution is -2.44. The maximum Gasteiger partial charge on any atom is 0.248 e. The molecule has 0 spiro atoms. The van der Waals surface area contributed by atoms with Crippen molar-refractivity contribution in [1.29, 1.82) is 0 Å². The lowest BCUT2D eigenvalue weighted by molar-refractivity contribution is -0.136. The van der Waals surface area contributed by atoms with Gasteiger partial charge >= 0.3 is 0 Å². The minimum Gasteiger partial charge on any atom is -0.339 e. The van der Waals surface area contributed by atoms with Crippen molar-refractivity contribution >= 4 is 29.3 Å². The predicted octanol–water partition coefficient (Wildman–Crippen LogP) is 3.22. The molecular formula is C22H23N5O3S. The van der Waals surface area contributed by atoms with E-state index < -0.39 is 6.04 Å². The predicted molar refractivity (Wildman–Crippen MR) is 118 cm³/mol. The van der Waals surface area contributed by atoms with E-state index in [1.165, 1.54) is 5.56 Å². The van der Waals surface area contributed by atoms with Gasteiger partial charge in [0.2, 0.25) is 23.5 Å². The van der Waals surface area contributed by atoms with Crippen molar-refractivity contribution in [2.24, 2.45) is 0 Å². The van der Waals surface area contributed by atoms with Crippen LogP contribution < -0.4 is 5.32 Å². The summed E-state index contributed by atoms with van der Waals surface area (Å²) in [6, 6.07) is 8.94. The highest BCUT2D eigenvalue weighted by Gasteiger charge is 2.34. The molecule has 1 atom stereocenters. The van der Waals surface area contributed by atoms with E-state index in [9.17, 15) is 9.59 Å². The Morgan fingerprint density at radius 1 is 1.26 bits per heavy atom. The molecule has 2 amide bonds. The molecular weight excluding hydrogens is 414 g/mol. The van der Waals surface area contributed by atoms with Crippen LogP contribution in [0.3, 0.4) is 0 Å². The number of aryl methyl sites for hydroxylation is 3. The maximum absolute atomic E-state index is 12.8. The third-order valence-electron chi connectivity index (χ3n) is 5.22. The van der Waals surface area contributed by atoms with E-state index in [-0.39, 0.29) is 18.2 Å². The van der Waals surface area contributed by atoms with Crippen LogP contribution in [-0.2, 0) is 16.0 Å². The molecule has 1 saturated heterocycles. The molecule has 1 unspecified atom stereocenters. The molecule has 160 valence electrons. The summed E-state index contributed by atoms with van der Waals surface area (Å²) >= 11 is 1.57. The molecule has 1 N–H and O–H groups in total. The van der Waals surface area contributed by atoms with E-state index in [1.54, 1.807) is 35.1 Å². The molecule has 3 aromatic rings. The van der Waals surface area contributed by atoms with Crippen LogP contribution in [0.1, 0.15) is 23.4 Å². The molecule has 0 aliphatic carbocycles. The second kappa shape index (κ2) is 9.30. The molecule has 0 saturated carbocycles. The first-order valence-electron chi connectivity index (χ1n) is 9.99. The van der Waals surface area contributed by atoms with Crippen molar-refractivity contribution in [1.82, 2.24) is 20.0 Å². The number of thioether (sulfide) groups is 1. The zero-order valence-corrected chi connectivity index (χ0v) is 18.2. The average Bonchev–Trinajstić information content (AvgIpc) is 3.45. The fourth-order valence-electron chi connectivity index (χ4n) is 3.28. The number of carbonyl (C=O) groups is 2. The van der Waals surface area contributed by atoms with Gasteiger partial charge in [0.1, 0.15) is 6.04 Å². The number of aromatic nitrogens is 3. The van der Waals surface area contributed by atoms with E-state index in [2.05, 4.69) is 20.4 Å². The van der Waals surface area contributed by atoms with Gasteiger partial charge in [-0.05, 0) is 49.2 Å². The molecule has 1 aliphatic heterocycles. The summed E-state index contributed by atoms with van der Waals surface area (Å²) in [4.78, 5) is 35.6. The Morgan fingerprint density at radius 3 is 2.90 bits per heavy atom. The number of hydrogen-bond acceptors (Lipinski definition) is 7. The van der Waals surface area contributed by atoms with E-state index in [0.717, 1.165) is 16.8 Å². The Bertz CT molecular complexity index is 1090. The molecule has 2 aromatic heterocycles. The van der Waals surface area contributed by atoms with Gasteiger partial charge in [0, 0.05) is 42.2 Å². The first kappa shape index (κ1) is 21.0. The van der Waals surface area contributed by atoms with Gasteiger partial charge in [-0.2, -0.15) is 4.98 Å². The zero-order chi connectivity index (χ0) is 21.8. The minimum atomic E-state index is -0.493. The van der Waals surface area contributed by atoms with Crippen molar-refractivity contribution in [2.75, 3.05) is 16.9 Å². The Hall–Kier alpha value is -3.20. The number of anilines is 1. The number of pyridine rings is 1. The van der Waals surface area contributed by atoms with Gasteiger partial charge in [0.15, 0.2) is 0 Å². The third-order valence-corrected chi connectivity index (χ3v) is 6.23. The molecule has 9 heteroatoms. The molecule has 8 nitrogen and oxygen atoms in total. The van der Waals surface area contributed by atoms with E-state index in [0.29, 0.717) is 29.8 Å². The number of nitrogens with zero attached hydrogens (tertiary/aromatic N) is 4. The summed E-state index contributed by atoms with van der Waals surface area (Å²) in [7, 11) is 0. The largest absolute Gasteiger partial charge is 0.339 e. The Morgan fingerprint density at radius 2 is 2.13 bits per heavy atom. The summed E-state index contributed by atoms with van der Waals surface area (Å²) in [5.74, 6) is 1.63. The average molecular weight is 438 g/mol. The molecule has 3 heterocycles. The van der Waals surface area contributed by atoms with Crippen molar-refractivity contribution in [3.63, 3.8) is 0 Å². The summed E-state index contributed by atoms with van der Waals surface area (Å²) in [6.07, 6.45) is 3.84. The molecule has 0 radical (unpaired) electrons. The molecule has 1 fully saturated rings. The third kappa shape index (κ3) is 4.93. The fraction of sp³-hybridized carbons (Fsp3) is 0.318. The molecule has 31 heavy (non-hydrogen) atoms. The van der Waals surface area contributed by atoms with Gasteiger partial charge < -0.3 is 14.7 Å². The van der Waals surface area contributed by atoms with Crippen LogP contribution >= 0.6 is 11.8 Å². The van der Waals surface area contributed by atoms with Crippen LogP contribution in [0.5, 0.6) is 0 Å². The van der Waals surface area contributed by atoms with E-state index in [1.807, 2.05) is 38.1 Å². The summed E-state index contributed by atoms with van der Waals surface area (Å²) < 4.78 is 5.26. The van der Waals surface area contributed by atoms with Gasteiger partial charge in [-0.25, -0.2) is 0 Å². The quantitative estimate of drug-likeness (QED) is 0.632. The Labute approximate surface area is 184 Å². The van der Waals surface area contributed by atoms with E-state index >= 15 is 0 Å². The lowest BCUT2D eigenvalue weighted by atomic mass is 10.1. The smallest absolute Gasteiger partial charge is 0.248 e. The zero-order valence-electron chi connectivity index (χ0n) is 17.4. The molecule has 1 aliphatic rings. The van der Waals surface area contributed by atoms with Crippen molar-refractivity contribution < 1.29 is 14.1 Å². The molecule has 1 aromatic carbocycles. The van der Waals surface area contributed by atoms with Gasteiger partial charge in [-0.3, -0.25) is 14.6 Å². The van der Waals surface area contributed by atoms with Gasteiger partial charge in [-0.15, -0.1) is 11.8 Å². The highest BCUT2D eigenvalue weighted by Crippen LogP contribution is 2.24. The number of amides is 2. The van der Waals surface area contributed by atoms with Crippen LogP contribution in [-0.4, -0.2) is 49.5 Å². The second-order valence-electron chi connectivity index (χ2n) is 7.42. The van der Waals surface area contributed by atoms with Gasteiger partial charge in [0.25, 0.3) is 0 Å². The molecule has 0 bridgehead atoms. The van der Waals surface area contributed by atoms with Gasteiger partial charge in [0.05, 0.1) is 5.88 Å². The van der Waals surface area contributed by atoms with E-state index in [4.69, 9.17) is 4.52 Å². The van der Waals surface area contributed by atoms with Crippen LogP contribution in [0.2, 0.25) is 0 Å². The lowest BCUT2D eigenvalue weighted by Gasteiger charge is -2.23. The fourth-order valence-corrected chi connectivity index (χ4v) is 4.46. The number of carbonyl (C=O) groups excluding carboxylic acids is 2. The van der Waals surface area contributed by atoms with Crippen LogP contribution in [0.15, 0.2) is 47.2 Å². The summed E-state index contributed by atoms with van der Waals surface area (Å²) in [6.45, 7) is 4.03. The monoisotopic (exact) mass is 437 g/mol.